The number of nitrogens with one attached hydrogen (secondary N) is 1. The van der Waals surface area contributed by atoms with Crippen LogP contribution in [0.2, 0.25) is 0 Å². The van der Waals surface area contributed by atoms with Gasteiger partial charge in [0.1, 0.15) is 6.61 Å². The predicted molar refractivity (Wildman–Crippen MR) is 78.4 cm³/mol. The molecule has 5 heteroatoms. The first-order chi connectivity index (χ1) is 9.66. The van der Waals surface area contributed by atoms with Crippen molar-refractivity contribution in [3.8, 4) is 5.75 Å². The van der Waals surface area contributed by atoms with Gasteiger partial charge in [-0.15, -0.1) is 0 Å². The van der Waals surface area contributed by atoms with E-state index in [0.29, 0.717) is 24.0 Å². The van der Waals surface area contributed by atoms with E-state index in [9.17, 15) is 4.79 Å². The molecule has 1 aromatic carbocycles. The molecule has 20 heavy (non-hydrogen) atoms. The molecule has 0 spiro atoms. The van der Waals surface area contributed by atoms with Crippen molar-refractivity contribution in [1.82, 2.24) is 9.80 Å². The predicted octanol–water partition coefficient (Wildman–Crippen LogP) is 1.27. The van der Waals surface area contributed by atoms with Gasteiger partial charge in [0.25, 0.3) is 5.91 Å². The Balaban J connectivity index is 1.81. The number of carbonyl (C=O) groups is 1. The number of nitrogens with zero attached hydrogens (tertiary/aromatic N) is 2. The zero-order chi connectivity index (χ0) is 14.1. The molecule has 2 aliphatic rings. The summed E-state index contributed by atoms with van der Waals surface area (Å²) in [6.45, 7) is 3.01. The van der Waals surface area contributed by atoms with Crippen molar-refractivity contribution in [3.05, 3.63) is 23.8 Å². The molecule has 2 heterocycles. The molecule has 1 N–H and O–H groups in total. The Hall–Kier alpha value is -1.75. The molecule has 108 valence electrons. The summed E-state index contributed by atoms with van der Waals surface area (Å²) in [5, 5.41) is 3.27. The molecule has 0 bridgehead atoms. The highest BCUT2D eigenvalue weighted by atomic mass is 16.5. The molecule has 1 amide bonds. The van der Waals surface area contributed by atoms with Crippen LogP contribution in [0.15, 0.2) is 18.2 Å². The maximum Gasteiger partial charge on any atom is 0.257 e. The molecule has 5 nitrogen and oxygen atoms in total. The van der Waals surface area contributed by atoms with Gasteiger partial charge in [0, 0.05) is 25.7 Å². The van der Waals surface area contributed by atoms with Crippen molar-refractivity contribution in [1.29, 1.82) is 0 Å². The quantitative estimate of drug-likeness (QED) is 0.883. The number of anilines is 1. The molecule has 1 aromatic rings. The Morgan fingerprint density at radius 1 is 1.45 bits per heavy atom. The van der Waals surface area contributed by atoms with Gasteiger partial charge in [-0.2, -0.15) is 0 Å². The smallest absolute Gasteiger partial charge is 0.257 e. The highest BCUT2D eigenvalue weighted by Gasteiger charge is 2.30. The second-order valence-electron chi connectivity index (χ2n) is 5.61. The second kappa shape index (κ2) is 5.32. The number of amides is 1. The van der Waals surface area contributed by atoms with Crippen molar-refractivity contribution < 1.29 is 9.53 Å². The first-order valence-corrected chi connectivity index (χ1v) is 7.12. The zero-order valence-electron chi connectivity index (χ0n) is 12.1. The third-order valence-electron chi connectivity index (χ3n) is 4.09. The molecule has 0 saturated carbocycles. The van der Waals surface area contributed by atoms with Gasteiger partial charge in [0.2, 0.25) is 0 Å². The van der Waals surface area contributed by atoms with Gasteiger partial charge in [-0.1, -0.05) is 6.07 Å². The average Bonchev–Trinajstić information content (AvgIpc) is 2.96. The topological polar surface area (TPSA) is 44.8 Å². The first-order valence-electron chi connectivity index (χ1n) is 7.12. The number of fused-ring (bicyclic) bond motifs is 1. The summed E-state index contributed by atoms with van der Waals surface area (Å²) in [5.74, 6) is 0.784. The summed E-state index contributed by atoms with van der Waals surface area (Å²) < 4.78 is 5.69. The lowest BCUT2D eigenvalue weighted by Gasteiger charge is -2.24. The summed E-state index contributed by atoms with van der Waals surface area (Å²) in [5.41, 5.74) is 1.60. The number of rotatable bonds is 2. The third-order valence-corrected chi connectivity index (χ3v) is 4.09. The van der Waals surface area contributed by atoms with E-state index >= 15 is 0 Å². The number of hydrogen-bond donors (Lipinski definition) is 1. The van der Waals surface area contributed by atoms with E-state index < -0.39 is 0 Å². The second-order valence-corrected chi connectivity index (χ2v) is 5.61. The van der Waals surface area contributed by atoms with Gasteiger partial charge in [-0.05, 0) is 32.6 Å². The molecule has 2 aliphatic heterocycles. The van der Waals surface area contributed by atoms with E-state index in [1.165, 1.54) is 0 Å². The maximum absolute atomic E-state index is 12.7. The minimum absolute atomic E-state index is 0.0786. The Morgan fingerprint density at radius 2 is 2.30 bits per heavy atom. The highest BCUT2D eigenvalue weighted by molar-refractivity contribution is 5.99. The Kier molecular flexibility index (Phi) is 3.53. The number of carbonyl (C=O) groups excluding carboxylic acids is 1. The van der Waals surface area contributed by atoms with Crippen molar-refractivity contribution in [2.45, 2.75) is 12.5 Å². The molecule has 1 saturated heterocycles. The van der Waals surface area contributed by atoms with Crippen molar-refractivity contribution in [2.75, 3.05) is 45.7 Å². The largest absolute Gasteiger partial charge is 0.489 e. The van der Waals surface area contributed by atoms with E-state index in [1.54, 1.807) is 0 Å². The number of para-hydroxylation sites is 1. The van der Waals surface area contributed by atoms with Crippen LogP contribution >= 0.6 is 0 Å². The molecule has 1 atom stereocenters. The standard InChI is InChI=1S/C15H21N3O2/c1-17(2)11-6-8-18(10-11)15(19)12-4-3-5-13-14(12)20-9-7-16-13/h3-5,11,16H,6-10H2,1-2H3. The van der Waals surface area contributed by atoms with Crippen LogP contribution in [0.3, 0.4) is 0 Å². The summed E-state index contributed by atoms with van der Waals surface area (Å²) in [6, 6.07) is 6.18. The molecule has 0 aliphatic carbocycles. The van der Waals surface area contributed by atoms with E-state index in [1.807, 2.05) is 23.1 Å². The van der Waals surface area contributed by atoms with Crippen molar-refractivity contribution >= 4 is 11.6 Å². The van der Waals surface area contributed by atoms with E-state index in [4.69, 9.17) is 4.74 Å². The lowest BCUT2D eigenvalue weighted by atomic mass is 10.1. The molecular weight excluding hydrogens is 254 g/mol. The Labute approximate surface area is 119 Å². The molecule has 0 aromatic heterocycles. The van der Waals surface area contributed by atoms with Crippen LogP contribution < -0.4 is 10.1 Å². The van der Waals surface area contributed by atoms with Crippen LogP contribution in [0.25, 0.3) is 0 Å². The fraction of sp³-hybridized carbons (Fsp3) is 0.533. The number of ether oxygens (including phenoxy) is 1. The summed E-state index contributed by atoms with van der Waals surface area (Å²) >= 11 is 0. The van der Waals surface area contributed by atoms with Crippen LogP contribution in [0.4, 0.5) is 5.69 Å². The fourth-order valence-electron chi connectivity index (χ4n) is 2.86. The zero-order valence-corrected chi connectivity index (χ0v) is 12.1. The van der Waals surface area contributed by atoms with Gasteiger partial charge in [0.15, 0.2) is 5.75 Å². The van der Waals surface area contributed by atoms with Crippen LogP contribution in [-0.2, 0) is 0 Å². The van der Waals surface area contributed by atoms with Gasteiger partial charge in [0.05, 0.1) is 11.3 Å². The summed E-state index contributed by atoms with van der Waals surface area (Å²) in [6.07, 6.45) is 1.03. The highest BCUT2D eigenvalue weighted by Crippen LogP contribution is 2.32. The minimum Gasteiger partial charge on any atom is -0.489 e. The average molecular weight is 275 g/mol. The van der Waals surface area contributed by atoms with Crippen LogP contribution in [0.5, 0.6) is 5.75 Å². The summed E-state index contributed by atoms with van der Waals surface area (Å²) in [7, 11) is 4.13. The lowest BCUT2D eigenvalue weighted by molar-refractivity contribution is 0.0778. The molecule has 1 unspecified atom stereocenters. The first kappa shape index (κ1) is 13.2. The normalized spacial score (nSPS) is 21.4. The van der Waals surface area contributed by atoms with Crippen LogP contribution in [-0.4, -0.2) is 62.1 Å². The minimum atomic E-state index is 0.0786. The van der Waals surface area contributed by atoms with E-state index in [2.05, 4.69) is 24.3 Å². The molecule has 3 rings (SSSR count). The van der Waals surface area contributed by atoms with Gasteiger partial charge >= 0.3 is 0 Å². The SMILES string of the molecule is CN(C)C1CCN(C(=O)c2cccc3c2OCCN3)C1. The number of hydrogen-bond acceptors (Lipinski definition) is 4. The van der Waals surface area contributed by atoms with Gasteiger partial charge in [-0.25, -0.2) is 0 Å². The van der Waals surface area contributed by atoms with Gasteiger partial charge in [-0.3, -0.25) is 4.79 Å². The van der Waals surface area contributed by atoms with Crippen LogP contribution in [0.1, 0.15) is 16.8 Å². The number of likely N-dealkylation sites (N-methyl/N-ethyl adjacent to an activating group) is 1. The van der Waals surface area contributed by atoms with E-state index in [-0.39, 0.29) is 5.91 Å². The maximum atomic E-state index is 12.7. The number of likely N-dealkylation sites (tertiary alicyclic amines) is 1. The van der Waals surface area contributed by atoms with Crippen molar-refractivity contribution in [3.63, 3.8) is 0 Å². The van der Waals surface area contributed by atoms with Crippen molar-refractivity contribution in [2.24, 2.45) is 0 Å². The summed E-state index contributed by atoms with van der Waals surface area (Å²) in [4.78, 5) is 16.8. The molecule has 1 fully saturated rings. The monoisotopic (exact) mass is 275 g/mol. The lowest BCUT2D eigenvalue weighted by Crippen LogP contribution is -2.35. The Morgan fingerprint density at radius 3 is 3.05 bits per heavy atom. The molecule has 0 radical (unpaired) electrons. The fourth-order valence-corrected chi connectivity index (χ4v) is 2.86. The van der Waals surface area contributed by atoms with Gasteiger partial charge < -0.3 is 19.9 Å². The Bertz CT molecular complexity index is 516. The number of benzene rings is 1. The molecular formula is C15H21N3O2. The van der Waals surface area contributed by atoms with E-state index in [0.717, 1.165) is 31.7 Å². The third kappa shape index (κ3) is 2.33. The van der Waals surface area contributed by atoms with Crippen LogP contribution in [0, 0.1) is 0 Å².